The molecule has 0 saturated carbocycles. The molecule has 0 saturated heterocycles. The molecule has 33 heavy (non-hydrogen) atoms. The van der Waals surface area contributed by atoms with E-state index in [1.807, 2.05) is 47.8 Å². The number of benzene rings is 2. The Morgan fingerprint density at radius 2 is 2.03 bits per heavy atom. The minimum atomic E-state index is -0.148. The van der Waals surface area contributed by atoms with Crippen LogP contribution in [-0.4, -0.2) is 29.5 Å². The zero-order valence-corrected chi connectivity index (χ0v) is 19.8. The first-order chi connectivity index (χ1) is 16.1. The van der Waals surface area contributed by atoms with Crippen molar-refractivity contribution in [1.82, 2.24) is 15.3 Å². The normalized spacial score (nSPS) is 10.7. The van der Waals surface area contributed by atoms with Gasteiger partial charge in [-0.1, -0.05) is 43.1 Å². The largest absolute Gasteiger partial charge is 0.497 e. The molecule has 2 aromatic carbocycles. The number of thioether (sulfide) groups is 1. The van der Waals surface area contributed by atoms with Crippen molar-refractivity contribution in [3.05, 3.63) is 95.4 Å². The van der Waals surface area contributed by atoms with Crippen LogP contribution in [0.2, 0.25) is 0 Å². The van der Waals surface area contributed by atoms with Gasteiger partial charge in [0.05, 0.1) is 23.0 Å². The van der Waals surface area contributed by atoms with Crippen LogP contribution in [0.4, 0.5) is 0 Å². The van der Waals surface area contributed by atoms with E-state index in [1.54, 1.807) is 36.0 Å². The van der Waals surface area contributed by atoms with Gasteiger partial charge in [0.15, 0.2) is 0 Å². The van der Waals surface area contributed by atoms with Crippen molar-refractivity contribution in [3.63, 3.8) is 0 Å². The lowest BCUT2D eigenvalue weighted by molar-refractivity contribution is 0.0954. The van der Waals surface area contributed by atoms with Gasteiger partial charge in [0.1, 0.15) is 17.1 Å². The highest BCUT2D eigenvalue weighted by molar-refractivity contribution is 8.10. The molecule has 0 aliphatic heterocycles. The van der Waals surface area contributed by atoms with Crippen LogP contribution in [0.3, 0.4) is 0 Å². The molecule has 0 aliphatic carbocycles. The number of hydrogen-bond acceptors (Lipinski definition) is 6. The molecule has 7 heteroatoms. The van der Waals surface area contributed by atoms with Crippen molar-refractivity contribution in [2.24, 2.45) is 0 Å². The number of hydrogen-bond donors (Lipinski definition) is 1. The Labute approximate surface area is 201 Å². The van der Waals surface area contributed by atoms with Crippen molar-refractivity contribution in [1.29, 1.82) is 0 Å². The number of methoxy groups -OCH3 is 1. The zero-order chi connectivity index (χ0) is 23.2. The monoisotopic (exact) mass is 473 g/mol. The average molecular weight is 474 g/mol. The summed E-state index contributed by atoms with van der Waals surface area (Å²) in [6.07, 6.45) is 0.712. The van der Waals surface area contributed by atoms with Gasteiger partial charge in [-0.15, -0.1) is 11.3 Å². The number of ether oxygens (including phenoxy) is 1. The molecule has 0 aliphatic rings. The summed E-state index contributed by atoms with van der Waals surface area (Å²) in [6, 6.07) is 17.2. The lowest BCUT2D eigenvalue weighted by Gasteiger charge is -2.11. The number of nitrogens with one attached hydrogen (secondary N) is 1. The summed E-state index contributed by atoms with van der Waals surface area (Å²) in [5, 5.41) is 6.71. The van der Waals surface area contributed by atoms with E-state index in [2.05, 4.69) is 18.5 Å². The minimum Gasteiger partial charge on any atom is -0.497 e. The SMILES string of the molecule is C=CSC(=C)c1nc2cc(C(=O)NCCc3cccc(OC)c3)ccc2nc1-c1cccs1. The molecule has 2 heterocycles. The number of rotatable bonds is 9. The number of thiophene rings is 1. The molecule has 0 unspecified atom stereocenters. The molecule has 166 valence electrons. The summed E-state index contributed by atoms with van der Waals surface area (Å²) in [5.74, 6) is 0.658. The van der Waals surface area contributed by atoms with Crippen molar-refractivity contribution in [2.45, 2.75) is 6.42 Å². The first-order valence-corrected chi connectivity index (χ1v) is 12.1. The molecule has 0 spiro atoms. The molecule has 5 nitrogen and oxygen atoms in total. The third-order valence-electron chi connectivity index (χ3n) is 5.00. The molecule has 0 atom stereocenters. The van der Waals surface area contributed by atoms with Crippen molar-refractivity contribution in [2.75, 3.05) is 13.7 Å². The van der Waals surface area contributed by atoms with Gasteiger partial charge in [0.2, 0.25) is 0 Å². The van der Waals surface area contributed by atoms with E-state index in [0.29, 0.717) is 29.7 Å². The predicted octanol–water partition coefficient (Wildman–Crippen LogP) is 6.19. The second kappa shape index (κ2) is 10.5. The third-order valence-corrected chi connectivity index (χ3v) is 6.53. The molecule has 1 N–H and O–H groups in total. The fourth-order valence-electron chi connectivity index (χ4n) is 3.38. The highest BCUT2D eigenvalue weighted by atomic mass is 32.2. The van der Waals surface area contributed by atoms with E-state index in [0.717, 1.165) is 32.3 Å². The van der Waals surface area contributed by atoms with Gasteiger partial charge in [-0.3, -0.25) is 4.79 Å². The lowest BCUT2D eigenvalue weighted by atomic mass is 10.1. The number of nitrogens with zero attached hydrogens (tertiary/aromatic N) is 2. The van der Waals surface area contributed by atoms with Gasteiger partial charge in [0, 0.05) is 17.0 Å². The third kappa shape index (κ3) is 5.32. The number of fused-ring (bicyclic) bond motifs is 1. The Morgan fingerprint density at radius 1 is 1.15 bits per heavy atom. The summed E-state index contributed by atoms with van der Waals surface area (Å²) in [6.45, 7) is 8.43. The Hall–Kier alpha value is -3.42. The summed E-state index contributed by atoms with van der Waals surface area (Å²) < 4.78 is 5.25. The Bertz CT molecular complexity index is 1320. The molecule has 0 radical (unpaired) electrons. The maximum atomic E-state index is 12.8. The van der Waals surface area contributed by atoms with E-state index in [1.165, 1.54) is 11.8 Å². The average Bonchev–Trinajstić information content (AvgIpc) is 3.38. The number of carbonyl (C=O) groups is 1. The van der Waals surface area contributed by atoms with Crippen LogP contribution in [0.25, 0.3) is 26.5 Å². The van der Waals surface area contributed by atoms with Gasteiger partial charge in [0.25, 0.3) is 5.91 Å². The Kier molecular flexibility index (Phi) is 7.22. The highest BCUT2D eigenvalue weighted by Gasteiger charge is 2.16. The van der Waals surface area contributed by atoms with E-state index in [-0.39, 0.29) is 5.91 Å². The van der Waals surface area contributed by atoms with Crippen LogP contribution in [-0.2, 0) is 6.42 Å². The maximum absolute atomic E-state index is 12.8. The van der Waals surface area contributed by atoms with Crippen molar-refractivity contribution in [3.8, 4) is 16.3 Å². The van der Waals surface area contributed by atoms with Crippen molar-refractivity contribution >= 4 is 44.9 Å². The fraction of sp³-hybridized carbons (Fsp3) is 0.115. The van der Waals surface area contributed by atoms with E-state index in [9.17, 15) is 4.79 Å². The van der Waals surface area contributed by atoms with Gasteiger partial charge >= 0.3 is 0 Å². The first-order valence-electron chi connectivity index (χ1n) is 10.3. The molecule has 4 rings (SSSR count). The molecule has 0 bridgehead atoms. The minimum absolute atomic E-state index is 0.148. The second-order valence-electron chi connectivity index (χ2n) is 7.17. The zero-order valence-electron chi connectivity index (χ0n) is 18.2. The van der Waals surface area contributed by atoms with Gasteiger partial charge < -0.3 is 10.1 Å². The van der Waals surface area contributed by atoms with Crippen LogP contribution < -0.4 is 10.1 Å². The summed E-state index contributed by atoms with van der Waals surface area (Å²) in [5.41, 5.74) is 4.50. The van der Waals surface area contributed by atoms with Crippen LogP contribution in [0, 0.1) is 0 Å². The first kappa shape index (κ1) is 22.8. The molecular weight excluding hydrogens is 450 g/mol. The van der Waals surface area contributed by atoms with Gasteiger partial charge in [-0.2, -0.15) is 0 Å². The second-order valence-corrected chi connectivity index (χ2v) is 9.18. The van der Waals surface area contributed by atoms with Crippen molar-refractivity contribution < 1.29 is 9.53 Å². The van der Waals surface area contributed by atoms with Gasteiger partial charge in [-0.25, -0.2) is 9.97 Å². The summed E-state index contributed by atoms with van der Waals surface area (Å²) in [7, 11) is 1.64. The van der Waals surface area contributed by atoms with E-state index >= 15 is 0 Å². The highest BCUT2D eigenvalue weighted by Crippen LogP contribution is 2.35. The molecule has 2 aromatic heterocycles. The lowest BCUT2D eigenvalue weighted by Crippen LogP contribution is -2.25. The smallest absolute Gasteiger partial charge is 0.251 e. The summed E-state index contributed by atoms with van der Waals surface area (Å²) >= 11 is 3.01. The molecule has 0 fully saturated rings. The van der Waals surface area contributed by atoms with Crippen LogP contribution in [0.15, 0.2) is 78.5 Å². The number of aromatic nitrogens is 2. The van der Waals surface area contributed by atoms with Gasteiger partial charge in [-0.05, 0) is 59.2 Å². The molecular formula is C26H23N3O2S2. The number of amides is 1. The quantitative estimate of drug-likeness (QED) is 0.314. The number of carbonyl (C=O) groups excluding carboxylic acids is 1. The topological polar surface area (TPSA) is 64.1 Å². The molecule has 4 aromatic rings. The van der Waals surface area contributed by atoms with E-state index in [4.69, 9.17) is 14.7 Å². The van der Waals surface area contributed by atoms with Crippen LogP contribution in [0.1, 0.15) is 21.6 Å². The van der Waals surface area contributed by atoms with Crippen LogP contribution >= 0.6 is 23.1 Å². The maximum Gasteiger partial charge on any atom is 0.251 e. The predicted molar refractivity (Wildman–Crippen MR) is 139 cm³/mol. The summed E-state index contributed by atoms with van der Waals surface area (Å²) in [4.78, 5) is 24.2. The molecule has 1 amide bonds. The van der Waals surface area contributed by atoms with E-state index < -0.39 is 0 Å². The Morgan fingerprint density at radius 3 is 2.79 bits per heavy atom. The standard InChI is InChI=1S/C26H23N3O2S2/c1-4-32-17(2)24-25(23-9-6-14-33-23)28-21-11-10-19(16-22(21)29-24)26(30)27-13-12-18-7-5-8-20(15-18)31-3/h4-11,14-16H,1-2,12-13H2,3H3,(H,27,30). The Balaban J connectivity index is 1.56. The fourth-order valence-corrected chi connectivity index (χ4v) is 4.55. The van der Waals surface area contributed by atoms with Crippen LogP contribution in [0.5, 0.6) is 5.75 Å².